The van der Waals surface area contributed by atoms with Crippen LogP contribution in [0.3, 0.4) is 0 Å². The van der Waals surface area contributed by atoms with Crippen molar-refractivity contribution >= 4 is 11.6 Å². The maximum absolute atomic E-state index is 5.86. The lowest BCUT2D eigenvalue weighted by Crippen LogP contribution is -2.24. The molecule has 1 heterocycles. The van der Waals surface area contributed by atoms with Crippen LogP contribution in [0.4, 0.5) is 0 Å². The molecule has 1 aliphatic heterocycles. The Hall–Kier alpha value is -1.51. The van der Waals surface area contributed by atoms with Crippen molar-refractivity contribution in [3.8, 4) is 5.75 Å². The summed E-state index contributed by atoms with van der Waals surface area (Å²) in [6.07, 6.45) is 1.08. The number of benzene rings is 2. The van der Waals surface area contributed by atoms with Crippen LogP contribution in [0.5, 0.6) is 5.75 Å². The van der Waals surface area contributed by atoms with Crippen LogP contribution in [0.25, 0.3) is 0 Å². The molecule has 3 rings (SSSR count). The molecule has 0 spiro atoms. The van der Waals surface area contributed by atoms with E-state index in [9.17, 15) is 0 Å². The van der Waals surface area contributed by atoms with Gasteiger partial charge in [-0.15, -0.1) is 0 Å². The van der Waals surface area contributed by atoms with Gasteiger partial charge in [0.1, 0.15) is 12.4 Å². The van der Waals surface area contributed by atoms with Gasteiger partial charge >= 0.3 is 0 Å². The summed E-state index contributed by atoms with van der Waals surface area (Å²) in [6, 6.07) is 13.9. The van der Waals surface area contributed by atoms with Gasteiger partial charge in [-0.05, 0) is 53.9 Å². The third-order valence-electron chi connectivity index (χ3n) is 3.45. The molecule has 0 saturated heterocycles. The molecule has 19 heavy (non-hydrogen) atoms. The first-order chi connectivity index (χ1) is 9.33. The van der Waals surface area contributed by atoms with E-state index in [1.807, 2.05) is 24.3 Å². The summed E-state index contributed by atoms with van der Waals surface area (Å²) >= 11 is 5.86. The number of halogens is 1. The molecule has 0 bridgehead atoms. The van der Waals surface area contributed by atoms with Gasteiger partial charge in [0.2, 0.25) is 0 Å². The third kappa shape index (κ3) is 2.91. The summed E-state index contributed by atoms with van der Waals surface area (Å²) in [6.45, 7) is 2.62. The normalized spacial score (nSPS) is 13.9. The van der Waals surface area contributed by atoms with Gasteiger partial charge in [0.15, 0.2) is 0 Å². The molecule has 2 nitrogen and oxygen atoms in total. The Kier molecular flexibility index (Phi) is 3.72. The third-order valence-corrected chi connectivity index (χ3v) is 3.70. The Morgan fingerprint density at radius 3 is 2.79 bits per heavy atom. The zero-order chi connectivity index (χ0) is 13.1. The standard InChI is InChI=1S/C16H16ClNO/c17-14-4-6-15(7-5-14)19-11-13-3-1-2-12-10-18-9-8-16(12)13/h1-7,18H,8-11H2. The van der Waals surface area contributed by atoms with E-state index in [1.165, 1.54) is 16.7 Å². The van der Waals surface area contributed by atoms with Crippen molar-refractivity contribution in [3.63, 3.8) is 0 Å². The number of rotatable bonds is 3. The number of fused-ring (bicyclic) bond motifs is 1. The molecule has 98 valence electrons. The Morgan fingerprint density at radius 2 is 1.95 bits per heavy atom. The number of ether oxygens (including phenoxy) is 1. The molecular formula is C16H16ClNO. The van der Waals surface area contributed by atoms with Gasteiger partial charge in [0.05, 0.1) is 0 Å². The van der Waals surface area contributed by atoms with E-state index in [0.717, 1.165) is 30.3 Å². The van der Waals surface area contributed by atoms with Crippen LogP contribution in [-0.4, -0.2) is 6.54 Å². The minimum Gasteiger partial charge on any atom is -0.489 e. The summed E-state index contributed by atoms with van der Waals surface area (Å²) in [4.78, 5) is 0. The Bertz CT molecular complexity index is 565. The average molecular weight is 274 g/mol. The molecular weight excluding hydrogens is 258 g/mol. The largest absolute Gasteiger partial charge is 0.489 e. The van der Waals surface area contributed by atoms with Gasteiger partial charge in [0, 0.05) is 11.6 Å². The molecule has 3 heteroatoms. The second kappa shape index (κ2) is 5.64. The zero-order valence-electron chi connectivity index (χ0n) is 10.7. The van der Waals surface area contributed by atoms with Crippen molar-refractivity contribution in [2.24, 2.45) is 0 Å². The molecule has 0 radical (unpaired) electrons. The maximum Gasteiger partial charge on any atom is 0.119 e. The molecule has 0 aromatic heterocycles. The van der Waals surface area contributed by atoms with Crippen molar-refractivity contribution in [3.05, 3.63) is 64.2 Å². The van der Waals surface area contributed by atoms with E-state index in [0.29, 0.717) is 6.61 Å². The van der Waals surface area contributed by atoms with Crippen LogP contribution in [0.2, 0.25) is 5.02 Å². The minimum atomic E-state index is 0.616. The van der Waals surface area contributed by atoms with Gasteiger partial charge < -0.3 is 10.1 Å². The van der Waals surface area contributed by atoms with E-state index in [1.54, 1.807) is 0 Å². The van der Waals surface area contributed by atoms with E-state index in [-0.39, 0.29) is 0 Å². The first-order valence-corrected chi connectivity index (χ1v) is 6.89. The molecule has 0 unspecified atom stereocenters. The van der Waals surface area contributed by atoms with Crippen molar-refractivity contribution in [1.82, 2.24) is 5.32 Å². The Morgan fingerprint density at radius 1 is 1.11 bits per heavy atom. The van der Waals surface area contributed by atoms with Gasteiger partial charge in [-0.3, -0.25) is 0 Å². The van der Waals surface area contributed by atoms with Crippen LogP contribution in [0.1, 0.15) is 16.7 Å². The number of nitrogens with one attached hydrogen (secondary N) is 1. The molecule has 2 aromatic rings. The van der Waals surface area contributed by atoms with E-state index in [2.05, 4.69) is 23.5 Å². The van der Waals surface area contributed by atoms with Crippen molar-refractivity contribution in [1.29, 1.82) is 0 Å². The van der Waals surface area contributed by atoms with Crippen LogP contribution in [0, 0.1) is 0 Å². The second-order valence-electron chi connectivity index (χ2n) is 4.72. The van der Waals surface area contributed by atoms with Gasteiger partial charge in [-0.25, -0.2) is 0 Å². The molecule has 2 aromatic carbocycles. The molecule has 0 aliphatic carbocycles. The lowest BCUT2D eigenvalue weighted by molar-refractivity contribution is 0.304. The van der Waals surface area contributed by atoms with Crippen molar-refractivity contribution in [2.45, 2.75) is 19.6 Å². The first-order valence-electron chi connectivity index (χ1n) is 6.51. The van der Waals surface area contributed by atoms with E-state index >= 15 is 0 Å². The molecule has 0 atom stereocenters. The van der Waals surface area contributed by atoms with Crippen LogP contribution < -0.4 is 10.1 Å². The summed E-state index contributed by atoms with van der Waals surface area (Å²) in [7, 11) is 0. The fourth-order valence-electron chi connectivity index (χ4n) is 2.44. The molecule has 1 N–H and O–H groups in total. The fraction of sp³-hybridized carbons (Fsp3) is 0.250. The topological polar surface area (TPSA) is 21.3 Å². The maximum atomic E-state index is 5.86. The highest BCUT2D eigenvalue weighted by molar-refractivity contribution is 6.30. The molecule has 0 amide bonds. The minimum absolute atomic E-state index is 0.616. The smallest absolute Gasteiger partial charge is 0.119 e. The fourth-order valence-corrected chi connectivity index (χ4v) is 2.56. The van der Waals surface area contributed by atoms with Crippen LogP contribution >= 0.6 is 11.6 Å². The SMILES string of the molecule is Clc1ccc(OCc2cccc3c2CCNC3)cc1. The van der Waals surface area contributed by atoms with E-state index in [4.69, 9.17) is 16.3 Å². The Balaban J connectivity index is 1.75. The first kappa shape index (κ1) is 12.5. The quantitative estimate of drug-likeness (QED) is 0.923. The summed E-state index contributed by atoms with van der Waals surface area (Å²) in [5.74, 6) is 0.857. The highest BCUT2D eigenvalue weighted by Gasteiger charge is 2.12. The number of hydrogen-bond acceptors (Lipinski definition) is 2. The molecule has 1 aliphatic rings. The van der Waals surface area contributed by atoms with Crippen molar-refractivity contribution in [2.75, 3.05) is 6.54 Å². The predicted octanol–water partition coefficient (Wildman–Crippen LogP) is 3.56. The lowest BCUT2D eigenvalue weighted by Gasteiger charge is -2.20. The highest BCUT2D eigenvalue weighted by atomic mass is 35.5. The number of hydrogen-bond donors (Lipinski definition) is 1. The van der Waals surface area contributed by atoms with Gasteiger partial charge in [-0.1, -0.05) is 29.8 Å². The van der Waals surface area contributed by atoms with Crippen LogP contribution in [0.15, 0.2) is 42.5 Å². The van der Waals surface area contributed by atoms with Gasteiger partial charge in [-0.2, -0.15) is 0 Å². The summed E-state index contributed by atoms with van der Waals surface area (Å²) in [5.41, 5.74) is 4.12. The van der Waals surface area contributed by atoms with E-state index < -0.39 is 0 Å². The second-order valence-corrected chi connectivity index (χ2v) is 5.16. The lowest BCUT2D eigenvalue weighted by atomic mass is 9.96. The molecule has 0 saturated carbocycles. The molecule has 0 fully saturated rings. The Labute approximate surface area is 118 Å². The highest BCUT2D eigenvalue weighted by Crippen LogP contribution is 2.21. The van der Waals surface area contributed by atoms with Crippen LogP contribution in [-0.2, 0) is 19.6 Å². The summed E-state index contributed by atoms with van der Waals surface area (Å²) in [5, 5.41) is 4.12. The van der Waals surface area contributed by atoms with Crippen molar-refractivity contribution < 1.29 is 4.74 Å². The predicted molar refractivity (Wildman–Crippen MR) is 77.6 cm³/mol. The monoisotopic (exact) mass is 273 g/mol. The van der Waals surface area contributed by atoms with Gasteiger partial charge in [0.25, 0.3) is 0 Å². The zero-order valence-corrected chi connectivity index (χ0v) is 11.4. The summed E-state index contributed by atoms with van der Waals surface area (Å²) < 4.78 is 5.83. The average Bonchev–Trinajstić information content (AvgIpc) is 2.47.